The molecule has 5 N–H and O–H groups in total. The first-order valence-corrected chi connectivity index (χ1v) is 7.62. The zero-order valence-corrected chi connectivity index (χ0v) is 14.4. The second kappa shape index (κ2) is 9.60. The number of carboxylic acid groups (broad SMARTS) is 3. The summed E-state index contributed by atoms with van der Waals surface area (Å²) in [7, 11) is 0. The fraction of sp³-hybridized carbons (Fsp3) is 0.667. The van der Waals surface area contributed by atoms with Crippen molar-refractivity contribution in [2.24, 2.45) is 5.41 Å². The van der Waals surface area contributed by atoms with Crippen LogP contribution in [0.15, 0.2) is 0 Å². The summed E-state index contributed by atoms with van der Waals surface area (Å²) in [5.41, 5.74) is -0.804. The van der Waals surface area contributed by atoms with Crippen LogP contribution >= 0.6 is 0 Å². The maximum atomic E-state index is 11.8. The number of aliphatic carboxylic acids is 3. The predicted molar refractivity (Wildman–Crippen MR) is 84.7 cm³/mol. The van der Waals surface area contributed by atoms with E-state index in [0.717, 1.165) is 0 Å². The highest BCUT2D eigenvalue weighted by Crippen LogP contribution is 2.13. The zero-order chi connectivity index (χ0) is 19.8. The van der Waals surface area contributed by atoms with Gasteiger partial charge in [0.2, 0.25) is 11.8 Å². The van der Waals surface area contributed by atoms with Crippen LogP contribution in [0.3, 0.4) is 0 Å². The number of carbonyl (C=O) groups is 5. The molecule has 0 spiro atoms. The van der Waals surface area contributed by atoms with Gasteiger partial charge in [0.1, 0.15) is 12.1 Å². The van der Waals surface area contributed by atoms with Crippen LogP contribution in [0, 0.1) is 5.41 Å². The standard InChI is InChI=1S/C15H24N2O8/c1-15(2,3)14(25)17-9(13(23)24)4-6-10(18)16-8(12(21)22)5-7-11(19)20/h8-9H,4-7H2,1-3H3,(H,16,18)(H,17,25)(H,19,20)(H,21,22)(H,23,24). The van der Waals surface area contributed by atoms with Gasteiger partial charge >= 0.3 is 17.9 Å². The molecule has 0 fully saturated rings. The summed E-state index contributed by atoms with van der Waals surface area (Å²) in [6, 6.07) is -2.67. The molecule has 0 saturated carbocycles. The third kappa shape index (κ3) is 9.28. The molecule has 0 aromatic carbocycles. The lowest BCUT2D eigenvalue weighted by atomic mass is 9.95. The van der Waals surface area contributed by atoms with Gasteiger partial charge in [-0.3, -0.25) is 14.4 Å². The van der Waals surface area contributed by atoms with Crippen LogP contribution in [-0.4, -0.2) is 57.1 Å². The fourth-order valence-electron chi connectivity index (χ4n) is 1.70. The summed E-state index contributed by atoms with van der Waals surface area (Å²) in [5.74, 6) is -5.13. The van der Waals surface area contributed by atoms with Crippen LogP contribution in [-0.2, 0) is 24.0 Å². The molecule has 2 unspecified atom stereocenters. The molecular weight excluding hydrogens is 336 g/mol. The van der Waals surface area contributed by atoms with Gasteiger partial charge in [-0.25, -0.2) is 9.59 Å². The van der Waals surface area contributed by atoms with Gasteiger partial charge in [-0.2, -0.15) is 0 Å². The molecule has 2 amide bonds. The van der Waals surface area contributed by atoms with E-state index in [1.807, 2.05) is 0 Å². The van der Waals surface area contributed by atoms with Gasteiger partial charge in [-0.05, 0) is 12.8 Å². The fourth-order valence-corrected chi connectivity index (χ4v) is 1.70. The maximum absolute atomic E-state index is 11.8. The summed E-state index contributed by atoms with van der Waals surface area (Å²) < 4.78 is 0. The van der Waals surface area contributed by atoms with Crippen molar-refractivity contribution in [3.8, 4) is 0 Å². The molecule has 0 bridgehead atoms. The van der Waals surface area contributed by atoms with Gasteiger partial charge in [-0.15, -0.1) is 0 Å². The van der Waals surface area contributed by atoms with Crippen molar-refractivity contribution in [2.75, 3.05) is 0 Å². The topological polar surface area (TPSA) is 170 Å². The average molecular weight is 360 g/mol. The molecule has 0 aliphatic rings. The molecule has 0 aromatic rings. The minimum Gasteiger partial charge on any atom is -0.481 e. The van der Waals surface area contributed by atoms with E-state index < -0.39 is 53.6 Å². The minimum absolute atomic E-state index is 0.228. The Morgan fingerprint density at radius 3 is 1.64 bits per heavy atom. The third-order valence-corrected chi connectivity index (χ3v) is 3.22. The number of carboxylic acids is 3. The van der Waals surface area contributed by atoms with E-state index in [1.54, 1.807) is 20.8 Å². The quantitative estimate of drug-likeness (QED) is 0.357. The number of amides is 2. The van der Waals surface area contributed by atoms with Crippen molar-refractivity contribution in [1.29, 1.82) is 0 Å². The summed E-state index contributed by atoms with van der Waals surface area (Å²) in [5, 5.41) is 31.1. The van der Waals surface area contributed by atoms with Crippen molar-refractivity contribution in [1.82, 2.24) is 10.6 Å². The van der Waals surface area contributed by atoms with Gasteiger partial charge in [0.15, 0.2) is 0 Å². The second-order valence-corrected chi connectivity index (χ2v) is 6.54. The molecule has 10 nitrogen and oxygen atoms in total. The van der Waals surface area contributed by atoms with Gasteiger partial charge < -0.3 is 26.0 Å². The lowest BCUT2D eigenvalue weighted by Gasteiger charge is -2.22. The van der Waals surface area contributed by atoms with Gasteiger partial charge in [0.05, 0.1) is 0 Å². The Labute approximate surface area is 144 Å². The Bertz CT molecular complexity index is 538. The van der Waals surface area contributed by atoms with E-state index in [9.17, 15) is 24.0 Å². The van der Waals surface area contributed by atoms with Crippen molar-refractivity contribution in [3.63, 3.8) is 0 Å². The molecule has 10 heteroatoms. The average Bonchev–Trinajstić information content (AvgIpc) is 2.45. The summed E-state index contributed by atoms with van der Waals surface area (Å²) >= 11 is 0. The molecule has 2 atom stereocenters. The number of nitrogens with one attached hydrogen (secondary N) is 2. The van der Waals surface area contributed by atoms with Gasteiger partial charge in [0.25, 0.3) is 0 Å². The highest BCUT2D eigenvalue weighted by Gasteiger charge is 2.28. The Hall–Kier alpha value is -2.65. The van der Waals surface area contributed by atoms with E-state index in [2.05, 4.69) is 10.6 Å². The normalized spacial score (nSPS) is 13.4. The van der Waals surface area contributed by atoms with E-state index in [4.69, 9.17) is 15.3 Å². The number of hydrogen-bond donors (Lipinski definition) is 5. The molecule has 0 aliphatic heterocycles. The van der Waals surface area contributed by atoms with Crippen molar-refractivity contribution in [2.45, 2.75) is 58.5 Å². The van der Waals surface area contributed by atoms with Crippen molar-refractivity contribution < 1.29 is 39.3 Å². The SMILES string of the molecule is CC(C)(C)C(=O)NC(CCC(=O)NC(CCC(=O)O)C(=O)O)C(=O)O. The van der Waals surface area contributed by atoms with E-state index in [0.29, 0.717) is 0 Å². The Morgan fingerprint density at radius 2 is 1.24 bits per heavy atom. The van der Waals surface area contributed by atoms with Crippen LogP contribution in [0.4, 0.5) is 0 Å². The van der Waals surface area contributed by atoms with Crippen molar-refractivity contribution in [3.05, 3.63) is 0 Å². The highest BCUT2D eigenvalue weighted by atomic mass is 16.4. The van der Waals surface area contributed by atoms with Gasteiger partial charge in [0, 0.05) is 18.3 Å². The monoisotopic (exact) mass is 360 g/mol. The van der Waals surface area contributed by atoms with Crippen LogP contribution in [0.1, 0.15) is 46.5 Å². The molecular formula is C15H24N2O8. The molecule has 0 rings (SSSR count). The molecule has 0 aliphatic carbocycles. The first-order valence-electron chi connectivity index (χ1n) is 7.62. The minimum atomic E-state index is -1.38. The molecule has 142 valence electrons. The largest absolute Gasteiger partial charge is 0.481 e. The lowest BCUT2D eigenvalue weighted by molar-refractivity contribution is -0.144. The van der Waals surface area contributed by atoms with E-state index in [1.165, 1.54) is 0 Å². The van der Waals surface area contributed by atoms with Crippen LogP contribution in [0.5, 0.6) is 0 Å². The predicted octanol–water partition coefficient (Wildman–Crippen LogP) is -0.184. The number of rotatable bonds is 10. The van der Waals surface area contributed by atoms with Crippen LogP contribution < -0.4 is 10.6 Å². The van der Waals surface area contributed by atoms with Crippen LogP contribution in [0.25, 0.3) is 0 Å². The third-order valence-electron chi connectivity index (χ3n) is 3.22. The summed E-state index contributed by atoms with van der Waals surface area (Å²) in [4.78, 5) is 56.3. The second-order valence-electron chi connectivity index (χ2n) is 6.54. The lowest BCUT2D eigenvalue weighted by Crippen LogP contribution is -2.47. The van der Waals surface area contributed by atoms with Gasteiger partial charge in [-0.1, -0.05) is 20.8 Å². The summed E-state index contributed by atoms with van der Waals surface area (Å²) in [6.45, 7) is 4.82. The Kier molecular flexibility index (Phi) is 8.58. The Morgan fingerprint density at radius 1 is 0.800 bits per heavy atom. The molecule has 0 radical (unpaired) electrons. The number of hydrogen-bond acceptors (Lipinski definition) is 5. The molecule has 0 saturated heterocycles. The maximum Gasteiger partial charge on any atom is 0.326 e. The first-order chi connectivity index (χ1) is 11.3. The first kappa shape index (κ1) is 22.4. The number of carbonyl (C=O) groups excluding carboxylic acids is 2. The molecule has 0 heterocycles. The molecule has 0 aromatic heterocycles. The highest BCUT2D eigenvalue weighted by molar-refractivity contribution is 5.87. The smallest absolute Gasteiger partial charge is 0.326 e. The summed E-state index contributed by atoms with van der Waals surface area (Å²) in [6.07, 6.45) is -1.29. The zero-order valence-electron chi connectivity index (χ0n) is 14.4. The van der Waals surface area contributed by atoms with E-state index in [-0.39, 0.29) is 19.3 Å². The van der Waals surface area contributed by atoms with Crippen molar-refractivity contribution >= 4 is 29.7 Å². The van der Waals surface area contributed by atoms with Crippen LogP contribution in [0.2, 0.25) is 0 Å². The Balaban J connectivity index is 4.64. The van der Waals surface area contributed by atoms with E-state index >= 15 is 0 Å². The molecule has 25 heavy (non-hydrogen) atoms.